The van der Waals surface area contributed by atoms with E-state index in [2.05, 4.69) is 5.32 Å². The van der Waals surface area contributed by atoms with Gasteiger partial charge in [-0.3, -0.25) is 9.69 Å². The highest BCUT2D eigenvalue weighted by atomic mass is 32.1. The van der Waals surface area contributed by atoms with Crippen molar-refractivity contribution < 1.29 is 4.79 Å². The monoisotopic (exact) mass is 215 g/mol. The van der Waals surface area contributed by atoms with Gasteiger partial charge in [-0.2, -0.15) is 0 Å². The summed E-state index contributed by atoms with van der Waals surface area (Å²) in [4.78, 5) is 13.3. The van der Waals surface area contributed by atoms with E-state index < -0.39 is 0 Å². The molecule has 0 radical (unpaired) electrons. The third-order valence-electron chi connectivity index (χ3n) is 2.30. The fourth-order valence-corrected chi connectivity index (χ4v) is 1.84. The SMILES string of the molecule is CCNC(=S)N1CCCC[C@@H](N)C1=O. The highest BCUT2D eigenvalue weighted by Crippen LogP contribution is 2.10. The Kier molecular flexibility index (Phi) is 4.28. The van der Waals surface area contributed by atoms with Crippen LogP contribution in [-0.2, 0) is 4.79 Å². The van der Waals surface area contributed by atoms with Gasteiger partial charge in [0.15, 0.2) is 5.11 Å². The summed E-state index contributed by atoms with van der Waals surface area (Å²) in [5, 5.41) is 3.48. The molecule has 3 N–H and O–H groups in total. The van der Waals surface area contributed by atoms with Crippen molar-refractivity contribution in [2.45, 2.75) is 32.2 Å². The molecule has 4 nitrogen and oxygen atoms in total. The Labute approximate surface area is 89.8 Å². The van der Waals surface area contributed by atoms with E-state index in [0.29, 0.717) is 11.7 Å². The van der Waals surface area contributed by atoms with E-state index >= 15 is 0 Å². The summed E-state index contributed by atoms with van der Waals surface area (Å²) in [7, 11) is 0. The highest BCUT2D eigenvalue weighted by molar-refractivity contribution is 7.80. The van der Waals surface area contributed by atoms with Crippen LogP contribution in [0.2, 0.25) is 0 Å². The Morgan fingerprint density at radius 2 is 2.43 bits per heavy atom. The van der Waals surface area contributed by atoms with Crippen LogP contribution in [0.25, 0.3) is 0 Å². The summed E-state index contributed by atoms with van der Waals surface area (Å²) in [5.41, 5.74) is 5.72. The first-order valence-corrected chi connectivity index (χ1v) is 5.42. The van der Waals surface area contributed by atoms with Gasteiger partial charge in [0.05, 0.1) is 6.04 Å². The first kappa shape index (κ1) is 11.4. The lowest BCUT2D eigenvalue weighted by Crippen LogP contribution is -2.49. The van der Waals surface area contributed by atoms with E-state index in [9.17, 15) is 4.79 Å². The molecule has 0 spiro atoms. The molecule has 0 aromatic heterocycles. The van der Waals surface area contributed by atoms with Crippen molar-refractivity contribution in [1.82, 2.24) is 10.2 Å². The molecule has 1 atom stereocenters. The maximum Gasteiger partial charge on any atom is 0.245 e. The number of nitrogens with two attached hydrogens (primary N) is 1. The number of nitrogens with zero attached hydrogens (tertiary/aromatic N) is 1. The van der Waals surface area contributed by atoms with Crippen molar-refractivity contribution in [3.05, 3.63) is 0 Å². The predicted octanol–water partition coefficient (Wildman–Crippen LogP) is 0.221. The van der Waals surface area contributed by atoms with Gasteiger partial charge in [-0.05, 0) is 38.4 Å². The van der Waals surface area contributed by atoms with Crippen LogP contribution in [0.15, 0.2) is 0 Å². The van der Waals surface area contributed by atoms with Crippen molar-refractivity contribution in [3.8, 4) is 0 Å². The fourth-order valence-electron chi connectivity index (χ4n) is 1.52. The number of nitrogens with one attached hydrogen (secondary N) is 1. The summed E-state index contributed by atoms with van der Waals surface area (Å²) in [5.74, 6) is -0.0477. The Morgan fingerprint density at radius 3 is 3.07 bits per heavy atom. The number of hydrogen-bond acceptors (Lipinski definition) is 3. The molecule has 0 aromatic rings. The molecule has 5 heteroatoms. The summed E-state index contributed by atoms with van der Waals surface area (Å²) in [6.07, 6.45) is 2.74. The van der Waals surface area contributed by atoms with E-state index in [-0.39, 0.29) is 11.9 Å². The third kappa shape index (κ3) is 2.65. The summed E-state index contributed by atoms with van der Waals surface area (Å²) < 4.78 is 0. The van der Waals surface area contributed by atoms with Crippen LogP contribution in [0, 0.1) is 0 Å². The molecular formula is C9H17N3OS. The molecular weight excluding hydrogens is 198 g/mol. The van der Waals surface area contributed by atoms with Gasteiger partial charge in [0.25, 0.3) is 0 Å². The second-order valence-electron chi connectivity index (χ2n) is 3.43. The van der Waals surface area contributed by atoms with Crippen LogP contribution < -0.4 is 11.1 Å². The molecule has 80 valence electrons. The van der Waals surface area contributed by atoms with E-state index in [0.717, 1.165) is 25.8 Å². The van der Waals surface area contributed by atoms with E-state index in [1.807, 2.05) is 6.92 Å². The Bertz CT molecular complexity index is 232. The molecule has 1 aliphatic rings. The van der Waals surface area contributed by atoms with Gasteiger partial charge < -0.3 is 11.1 Å². The molecule has 1 aliphatic heterocycles. The minimum atomic E-state index is -0.380. The van der Waals surface area contributed by atoms with Gasteiger partial charge in [0, 0.05) is 13.1 Å². The van der Waals surface area contributed by atoms with Crippen molar-refractivity contribution >= 4 is 23.2 Å². The zero-order valence-corrected chi connectivity index (χ0v) is 9.27. The Balaban J connectivity index is 2.64. The summed E-state index contributed by atoms with van der Waals surface area (Å²) in [6.45, 7) is 3.38. The van der Waals surface area contributed by atoms with Crippen molar-refractivity contribution in [1.29, 1.82) is 0 Å². The number of rotatable bonds is 1. The van der Waals surface area contributed by atoms with Crippen molar-refractivity contribution in [2.75, 3.05) is 13.1 Å². The average Bonchev–Trinajstić information content (AvgIpc) is 2.31. The van der Waals surface area contributed by atoms with Gasteiger partial charge >= 0.3 is 0 Å². The van der Waals surface area contributed by atoms with Crippen LogP contribution in [-0.4, -0.2) is 35.1 Å². The molecule has 1 amide bonds. The molecule has 0 aromatic carbocycles. The number of amides is 1. The zero-order valence-electron chi connectivity index (χ0n) is 8.45. The number of likely N-dealkylation sites (tertiary alicyclic amines) is 1. The quantitative estimate of drug-likeness (QED) is 0.614. The highest BCUT2D eigenvalue weighted by Gasteiger charge is 2.25. The van der Waals surface area contributed by atoms with E-state index in [1.165, 1.54) is 0 Å². The van der Waals surface area contributed by atoms with Gasteiger partial charge in [-0.15, -0.1) is 0 Å². The van der Waals surface area contributed by atoms with E-state index in [1.54, 1.807) is 4.90 Å². The topological polar surface area (TPSA) is 58.4 Å². The normalized spacial score (nSPS) is 23.1. The van der Waals surface area contributed by atoms with Crippen LogP contribution in [0.3, 0.4) is 0 Å². The Morgan fingerprint density at radius 1 is 1.71 bits per heavy atom. The number of hydrogen-bond donors (Lipinski definition) is 2. The van der Waals surface area contributed by atoms with Gasteiger partial charge in [-0.25, -0.2) is 0 Å². The fraction of sp³-hybridized carbons (Fsp3) is 0.778. The lowest BCUT2D eigenvalue weighted by atomic mass is 10.1. The molecule has 0 saturated carbocycles. The molecule has 1 saturated heterocycles. The number of carbonyl (C=O) groups excluding carboxylic acids is 1. The largest absolute Gasteiger partial charge is 0.362 e. The lowest BCUT2D eigenvalue weighted by molar-refractivity contribution is -0.128. The van der Waals surface area contributed by atoms with Gasteiger partial charge in [0.2, 0.25) is 5.91 Å². The molecule has 0 unspecified atom stereocenters. The predicted molar refractivity (Wildman–Crippen MR) is 59.8 cm³/mol. The van der Waals surface area contributed by atoms with Crippen LogP contribution in [0.1, 0.15) is 26.2 Å². The number of thiocarbonyl (C=S) groups is 1. The molecule has 14 heavy (non-hydrogen) atoms. The van der Waals surface area contributed by atoms with Gasteiger partial charge in [0.1, 0.15) is 0 Å². The first-order chi connectivity index (χ1) is 6.66. The standard InChI is InChI=1S/C9H17N3OS/c1-2-11-9(14)12-6-4-3-5-7(10)8(12)13/h7H,2-6,10H2,1H3,(H,11,14)/t7-/m1/s1. The van der Waals surface area contributed by atoms with E-state index in [4.69, 9.17) is 18.0 Å². The summed E-state index contributed by atoms with van der Waals surface area (Å²) >= 11 is 5.10. The second kappa shape index (κ2) is 5.26. The van der Waals surface area contributed by atoms with Crippen LogP contribution >= 0.6 is 12.2 Å². The Hall–Kier alpha value is -0.680. The van der Waals surface area contributed by atoms with Crippen LogP contribution in [0.4, 0.5) is 0 Å². The maximum absolute atomic E-state index is 11.7. The zero-order chi connectivity index (χ0) is 10.6. The minimum absolute atomic E-state index is 0.0477. The number of carbonyl (C=O) groups is 1. The third-order valence-corrected chi connectivity index (χ3v) is 2.67. The van der Waals surface area contributed by atoms with Crippen molar-refractivity contribution in [3.63, 3.8) is 0 Å². The first-order valence-electron chi connectivity index (χ1n) is 5.01. The lowest BCUT2D eigenvalue weighted by Gasteiger charge is -2.23. The molecule has 0 bridgehead atoms. The van der Waals surface area contributed by atoms with Crippen LogP contribution in [0.5, 0.6) is 0 Å². The molecule has 0 aliphatic carbocycles. The van der Waals surface area contributed by atoms with Gasteiger partial charge in [-0.1, -0.05) is 0 Å². The molecule has 1 rings (SSSR count). The molecule has 1 heterocycles. The maximum atomic E-state index is 11.7. The molecule has 1 fully saturated rings. The minimum Gasteiger partial charge on any atom is -0.362 e. The average molecular weight is 215 g/mol. The second-order valence-corrected chi connectivity index (χ2v) is 3.81. The van der Waals surface area contributed by atoms with Crippen molar-refractivity contribution in [2.24, 2.45) is 5.73 Å². The smallest absolute Gasteiger partial charge is 0.245 e. The summed E-state index contributed by atoms with van der Waals surface area (Å²) in [6, 6.07) is -0.380.